The molecule has 0 spiro atoms. The normalized spacial score (nSPS) is 11.0. The van der Waals surface area contributed by atoms with Crippen molar-refractivity contribution in [2.45, 2.75) is 11.8 Å². The predicted molar refractivity (Wildman–Crippen MR) is 137 cm³/mol. The number of hydrogen-bond acceptors (Lipinski definition) is 6. The van der Waals surface area contributed by atoms with Crippen LogP contribution in [-0.4, -0.2) is 42.2 Å². The van der Waals surface area contributed by atoms with Gasteiger partial charge in [-0.05, 0) is 61.0 Å². The molecular weight excluding hydrogens is 515 g/mol. The zero-order chi connectivity index (χ0) is 25.8. The van der Waals surface area contributed by atoms with Crippen LogP contribution in [0.25, 0.3) is 0 Å². The number of methoxy groups -OCH3 is 3. The molecule has 0 atom stereocenters. The van der Waals surface area contributed by atoms with Crippen molar-refractivity contribution in [3.8, 4) is 17.2 Å². The summed E-state index contributed by atoms with van der Waals surface area (Å²) in [6, 6.07) is 13.6. The summed E-state index contributed by atoms with van der Waals surface area (Å²) < 4.78 is 44.4. The van der Waals surface area contributed by atoms with Crippen molar-refractivity contribution in [1.29, 1.82) is 0 Å². The minimum absolute atomic E-state index is 0.0952. The second-order valence-corrected chi connectivity index (χ2v) is 10.1. The van der Waals surface area contributed by atoms with Crippen molar-refractivity contribution >= 4 is 50.5 Å². The number of nitrogens with one attached hydrogen (secondary N) is 1. The molecule has 1 N–H and O–H groups in total. The zero-order valence-electron chi connectivity index (χ0n) is 19.5. The number of aryl methyl sites for hydroxylation is 1. The van der Waals surface area contributed by atoms with Gasteiger partial charge in [0.25, 0.3) is 10.0 Å². The van der Waals surface area contributed by atoms with Crippen molar-refractivity contribution in [1.82, 2.24) is 0 Å². The summed E-state index contributed by atoms with van der Waals surface area (Å²) in [6.45, 7) is 1.22. The van der Waals surface area contributed by atoms with Crippen LogP contribution in [0.15, 0.2) is 59.5 Å². The molecule has 3 aromatic carbocycles. The van der Waals surface area contributed by atoms with Gasteiger partial charge >= 0.3 is 0 Å². The van der Waals surface area contributed by atoms with Crippen LogP contribution >= 0.6 is 23.2 Å². The Bertz CT molecular complexity index is 1350. The second-order valence-electron chi connectivity index (χ2n) is 7.35. The molecule has 0 unspecified atom stereocenters. The Kier molecular flexibility index (Phi) is 8.37. The number of sulfonamides is 1. The van der Waals surface area contributed by atoms with E-state index in [1.165, 1.54) is 51.7 Å². The van der Waals surface area contributed by atoms with E-state index in [4.69, 9.17) is 37.4 Å². The Morgan fingerprint density at radius 1 is 0.857 bits per heavy atom. The van der Waals surface area contributed by atoms with E-state index in [0.717, 1.165) is 9.87 Å². The third kappa shape index (κ3) is 5.93. The molecule has 186 valence electrons. The third-order valence-electron chi connectivity index (χ3n) is 5.10. The summed E-state index contributed by atoms with van der Waals surface area (Å²) in [7, 11) is -0.0547. The fourth-order valence-corrected chi connectivity index (χ4v) is 5.18. The van der Waals surface area contributed by atoms with Crippen LogP contribution in [0, 0.1) is 6.92 Å². The number of anilines is 2. The van der Waals surface area contributed by atoms with Gasteiger partial charge in [0.2, 0.25) is 5.91 Å². The maximum atomic E-state index is 13.8. The number of halogens is 2. The highest BCUT2D eigenvalue weighted by molar-refractivity contribution is 7.92. The van der Waals surface area contributed by atoms with Gasteiger partial charge in [0.05, 0.1) is 31.9 Å². The number of amides is 1. The first-order valence-electron chi connectivity index (χ1n) is 10.2. The molecule has 3 aromatic rings. The summed E-state index contributed by atoms with van der Waals surface area (Å²) in [5, 5.41) is 3.51. The van der Waals surface area contributed by atoms with Crippen LogP contribution in [-0.2, 0) is 14.8 Å². The molecule has 3 rings (SSSR count). The van der Waals surface area contributed by atoms with Crippen molar-refractivity contribution in [3.63, 3.8) is 0 Å². The van der Waals surface area contributed by atoms with E-state index in [-0.39, 0.29) is 27.1 Å². The van der Waals surface area contributed by atoms with E-state index in [1.54, 1.807) is 31.2 Å². The summed E-state index contributed by atoms with van der Waals surface area (Å²) in [5.74, 6) is 0.206. The molecule has 0 saturated carbocycles. The van der Waals surface area contributed by atoms with Crippen molar-refractivity contribution < 1.29 is 27.4 Å². The van der Waals surface area contributed by atoms with Crippen molar-refractivity contribution in [3.05, 3.63) is 70.2 Å². The molecule has 35 heavy (non-hydrogen) atoms. The molecule has 11 heteroatoms. The second kappa shape index (κ2) is 11.1. The lowest BCUT2D eigenvalue weighted by molar-refractivity contribution is -0.114. The number of rotatable bonds is 9. The van der Waals surface area contributed by atoms with Gasteiger partial charge in [-0.1, -0.05) is 23.2 Å². The molecular formula is C24H24Cl2N2O6S. The first-order chi connectivity index (χ1) is 16.6. The fourth-order valence-electron chi connectivity index (χ4n) is 3.35. The van der Waals surface area contributed by atoms with Gasteiger partial charge in [0.15, 0.2) is 11.5 Å². The highest BCUT2D eigenvalue weighted by Crippen LogP contribution is 2.37. The molecule has 0 aliphatic carbocycles. The smallest absolute Gasteiger partial charge is 0.265 e. The number of carbonyl (C=O) groups is 1. The Labute approximate surface area is 214 Å². The standard InChI is InChI=1S/C24H24Cl2N2O6S/c1-15-11-16(25)5-8-19(15)27-24(29)14-28(20-12-17(26)6-9-21(20)32-2)35(30,31)18-7-10-22(33-3)23(13-18)34-4/h5-13H,14H2,1-4H3,(H,27,29). The zero-order valence-corrected chi connectivity index (χ0v) is 21.8. The number of ether oxygens (including phenoxy) is 3. The van der Waals surface area contributed by atoms with E-state index in [0.29, 0.717) is 16.5 Å². The maximum Gasteiger partial charge on any atom is 0.265 e. The van der Waals surface area contributed by atoms with Gasteiger partial charge in [-0.25, -0.2) is 8.42 Å². The number of benzene rings is 3. The van der Waals surface area contributed by atoms with Crippen LogP contribution in [0.1, 0.15) is 5.56 Å². The monoisotopic (exact) mass is 538 g/mol. The van der Waals surface area contributed by atoms with Crippen molar-refractivity contribution in [2.75, 3.05) is 37.5 Å². The molecule has 0 saturated heterocycles. The van der Waals surface area contributed by atoms with Gasteiger partial charge < -0.3 is 19.5 Å². The predicted octanol–water partition coefficient (Wildman–Crippen LogP) is 5.16. The first kappa shape index (κ1) is 26.5. The number of hydrogen-bond donors (Lipinski definition) is 1. The van der Waals surface area contributed by atoms with Gasteiger partial charge in [0, 0.05) is 21.8 Å². The molecule has 1 amide bonds. The SMILES string of the molecule is COc1ccc(S(=O)(=O)N(CC(=O)Nc2ccc(Cl)cc2C)c2cc(Cl)ccc2OC)cc1OC. The molecule has 8 nitrogen and oxygen atoms in total. The Morgan fingerprint density at radius 2 is 1.46 bits per heavy atom. The molecule has 0 aliphatic rings. The molecule has 0 heterocycles. The number of carbonyl (C=O) groups excluding carboxylic acids is 1. The van der Waals surface area contributed by atoms with Gasteiger partial charge in [0.1, 0.15) is 12.3 Å². The van der Waals surface area contributed by atoms with Gasteiger partial charge in [-0.2, -0.15) is 0 Å². The highest BCUT2D eigenvalue weighted by atomic mass is 35.5. The number of nitrogens with zero attached hydrogens (tertiary/aromatic N) is 1. The topological polar surface area (TPSA) is 94.2 Å². The minimum atomic E-state index is -4.29. The van der Waals surface area contributed by atoms with E-state index in [9.17, 15) is 13.2 Å². The highest BCUT2D eigenvalue weighted by Gasteiger charge is 2.31. The van der Waals surface area contributed by atoms with E-state index < -0.39 is 22.5 Å². The van der Waals surface area contributed by atoms with Crippen LogP contribution in [0.4, 0.5) is 11.4 Å². The van der Waals surface area contributed by atoms with Crippen LogP contribution in [0.2, 0.25) is 10.0 Å². The minimum Gasteiger partial charge on any atom is -0.495 e. The first-order valence-corrected chi connectivity index (χ1v) is 12.4. The Morgan fingerprint density at radius 3 is 2.09 bits per heavy atom. The largest absolute Gasteiger partial charge is 0.495 e. The fraction of sp³-hybridized carbons (Fsp3) is 0.208. The maximum absolute atomic E-state index is 13.8. The quantitative estimate of drug-likeness (QED) is 0.404. The van der Waals surface area contributed by atoms with Crippen molar-refractivity contribution in [2.24, 2.45) is 0 Å². The molecule has 0 radical (unpaired) electrons. The van der Waals surface area contributed by atoms with Gasteiger partial charge in [-0.15, -0.1) is 0 Å². The van der Waals surface area contributed by atoms with E-state index in [2.05, 4.69) is 5.32 Å². The molecule has 0 fully saturated rings. The molecule has 0 bridgehead atoms. The van der Waals surface area contributed by atoms with Crippen LogP contribution in [0.3, 0.4) is 0 Å². The Hall–Kier alpha value is -3.14. The summed E-state index contributed by atoms with van der Waals surface area (Å²) in [6.07, 6.45) is 0. The summed E-state index contributed by atoms with van der Waals surface area (Å²) in [4.78, 5) is 12.9. The van der Waals surface area contributed by atoms with Crippen LogP contribution < -0.4 is 23.8 Å². The molecule has 0 aliphatic heterocycles. The summed E-state index contributed by atoms with van der Waals surface area (Å²) in [5.41, 5.74) is 1.32. The van der Waals surface area contributed by atoms with E-state index in [1.807, 2.05) is 0 Å². The lowest BCUT2D eigenvalue weighted by Crippen LogP contribution is -2.38. The average molecular weight is 539 g/mol. The molecule has 0 aromatic heterocycles. The van der Waals surface area contributed by atoms with Gasteiger partial charge in [-0.3, -0.25) is 9.10 Å². The van der Waals surface area contributed by atoms with E-state index >= 15 is 0 Å². The van der Waals surface area contributed by atoms with Crippen LogP contribution in [0.5, 0.6) is 17.2 Å². The third-order valence-corrected chi connectivity index (χ3v) is 7.33. The average Bonchev–Trinajstić information content (AvgIpc) is 2.83. The lowest BCUT2D eigenvalue weighted by Gasteiger charge is -2.26. The Balaban J connectivity index is 2.08. The lowest BCUT2D eigenvalue weighted by atomic mass is 10.2. The summed E-state index contributed by atoms with van der Waals surface area (Å²) >= 11 is 12.2.